The maximum Gasteiger partial charge on any atom is 0.224 e. The van der Waals surface area contributed by atoms with Crippen molar-refractivity contribution in [3.63, 3.8) is 0 Å². The van der Waals surface area contributed by atoms with Crippen molar-refractivity contribution in [2.24, 2.45) is 5.73 Å². The molecule has 1 atom stereocenters. The highest BCUT2D eigenvalue weighted by Crippen LogP contribution is 2.15. The highest BCUT2D eigenvalue weighted by Gasteiger charge is 2.17. The number of hydrogen-bond donors (Lipinski definition) is 1. The zero-order valence-corrected chi connectivity index (χ0v) is 12.3. The summed E-state index contributed by atoms with van der Waals surface area (Å²) in [6.45, 7) is 3.25. The van der Waals surface area contributed by atoms with Gasteiger partial charge in [-0.15, -0.1) is 0 Å². The van der Waals surface area contributed by atoms with Gasteiger partial charge in [0.05, 0.1) is 0 Å². The van der Waals surface area contributed by atoms with Crippen LogP contribution in [0.2, 0.25) is 0 Å². The van der Waals surface area contributed by atoms with Crippen LogP contribution in [0, 0.1) is 0 Å². The molecule has 0 aliphatic heterocycles. The Hall–Kier alpha value is -2.20. The van der Waals surface area contributed by atoms with Gasteiger partial charge in [0.2, 0.25) is 5.91 Å². The first-order valence-electron chi connectivity index (χ1n) is 7.18. The van der Waals surface area contributed by atoms with E-state index >= 15 is 0 Å². The van der Waals surface area contributed by atoms with Crippen LogP contribution < -0.4 is 5.73 Å². The van der Waals surface area contributed by atoms with Gasteiger partial charge in [-0.1, -0.05) is 30.3 Å². The average molecular weight is 283 g/mol. The van der Waals surface area contributed by atoms with Crippen LogP contribution in [-0.2, 0) is 11.3 Å². The lowest BCUT2D eigenvalue weighted by Gasteiger charge is -2.23. The molecule has 0 spiro atoms. The van der Waals surface area contributed by atoms with E-state index in [0.717, 1.165) is 11.1 Å². The number of carbonyl (C=O) groups is 1. The lowest BCUT2D eigenvalue weighted by atomic mass is 10.0. The molecule has 21 heavy (non-hydrogen) atoms. The Morgan fingerprint density at radius 1 is 1.19 bits per heavy atom. The Morgan fingerprint density at radius 2 is 1.86 bits per heavy atom. The van der Waals surface area contributed by atoms with Crippen LogP contribution in [0.4, 0.5) is 0 Å². The number of aromatic nitrogens is 1. The zero-order valence-electron chi connectivity index (χ0n) is 12.3. The predicted octanol–water partition coefficient (Wildman–Crippen LogP) is 2.52. The molecule has 1 heterocycles. The number of amides is 1. The molecular weight excluding hydrogens is 262 g/mol. The van der Waals surface area contributed by atoms with E-state index in [1.807, 2.05) is 54.3 Å². The largest absolute Gasteiger partial charge is 0.339 e. The summed E-state index contributed by atoms with van der Waals surface area (Å²) in [5.41, 5.74) is 8.19. The summed E-state index contributed by atoms with van der Waals surface area (Å²) in [6.07, 6.45) is 3.80. The molecule has 1 unspecified atom stereocenters. The summed E-state index contributed by atoms with van der Waals surface area (Å²) in [6, 6.07) is 13.3. The number of pyridine rings is 1. The van der Waals surface area contributed by atoms with E-state index in [2.05, 4.69) is 4.98 Å². The average Bonchev–Trinajstić information content (AvgIpc) is 2.54. The Bertz CT molecular complexity index is 557. The molecule has 2 N–H and O–H groups in total. The summed E-state index contributed by atoms with van der Waals surface area (Å²) >= 11 is 0. The summed E-state index contributed by atoms with van der Waals surface area (Å²) in [4.78, 5) is 18.2. The van der Waals surface area contributed by atoms with E-state index in [-0.39, 0.29) is 11.9 Å². The predicted molar refractivity (Wildman–Crippen MR) is 83.3 cm³/mol. The lowest BCUT2D eigenvalue weighted by molar-refractivity contribution is -0.132. The highest BCUT2D eigenvalue weighted by atomic mass is 16.2. The maximum atomic E-state index is 12.4. The van der Waals surface area contributed by atoms with Gasteiger partial charge in [0, 0.05) is 37.9 Å². The molecule has 1 aromatic carbocycles. The summed E-state index contributed by atoms with van der Waals surface area (Å²) in [5, 5.41) is 0. The van der Waals surface area contributed by atoms with Crippen molar-refractivity contribution in [2.75, 3.05) is 6.54 Å². The first kappa shape index (κ1) is 15.2. The van der Waals surface area contributed by atoms with Crippen LogP contribution in [0.15, 0.2) is 54.9 Å². The van der Waals surface area contributed by atoms with Gasteiger partial charge in [-0.2, -0.15) is 0 Å². The van der Waals surface area contributed by atoms with E-state index in [1.165, 1.54) is 0 Å². The molecule has 0 aliphatic rings. The smallest absolute Gasteiger partial charge is 0.224 e. The SMILES string of the molecule is CCN(Cc1ccncc1)C(=O)CC(N)c1ccccc1. The molecule has 0 aliphatic carbocycles. The van der Waals surface area contributed by atoms with Gasteiger partial charge >= 0.3 is 0 Å². The minimum absolute atomic E-state index is 0.0747. The van der Waals surface area contributed by atoms with Crippen LogP contribution in [0.3, 0.4) is 0 Å². The molecule has 0 saturated heterocycles. The van der Waals surface area contributed by atoms with E-state index in [0.29, 0.717) is 19.5 Å². The summed E-state index contributed by atoms with van der Waals surface area (Å²) in [5.74, 6) is 0.0747. The number of benzene rings is 1. The van der Waals surface area contributed by atoms with Gasteiger partial charge in [-0.05, 0) is 30.2 Å². The normalized spacial score (nSPS) is 11.9. The Labute approximate surface area is 125 Å². The minimum atomic E-state index is -0.259. The third kappa shape index (κ3) is 4.39. The van der Waals surface area contributed by atoms with E-state index in [9.17, 15) is 4.79 Å². The molecule has 0 saturated carbocycles. The van der Waals surface area contributed by atoms with Crippen molar-refractivity contribution < 1.29 is 4.79 Å². The molecule has 2 aromatic rings. The quantitative estimate of drug-likeness (QED) is 0.886. The second-order valence-electron chi connectivity index (χ2n) is 4.98. The standard InChI is InChI=1S/C17H21N3O/c1-2-20(13-14-8-10-19-11-9-14)17(21)12-16(18)15-6-4-3-5-7-15/h3-11,16H,2,12-13,18H2,1H3. The van der Waals surface area contributed by atoms with Crippen molar-refractivity contribution in [3.05, 3.63) is 66.0 Å². The molecular formula is C17H21N3O. The second kappa shape index (κ2) is 7.55. The fraction of sp³-hybridized carbons (Fsp3) is 0.294. The van der Waals surface area contributed by atoms with Gasteiger partial charge < -0.3 is 10.6 Å². The minimum Gasteiger partial charge on any atom is -0.339 e. The van der Waals surface area contributed by atoms with Gasteiger partial charge in [0.15, 0.2) is 0 Å². The van der Waals surface area contributed by atoms with Gasteiger partial charge in [-0.3, -0.25) is 9.78 Å². The Balaban J connectivity index is 1.97. The zero-order chi connectivity index (χ0) is 15.1. The molecule has 2 rings (SSSR count). The second-order valence-corrected chi connectivity index (χ2v) is 4.98. The topological polar surface area (TPSA) is 59.2 Å². The van der Waals surface area contributed by atoms with Crippen LogP contribution in [0.25, 0.3) is 0 Å². The number of carbonyl (C=O) groups excluding carboxylic acids is 1. The van der Waals surface area contributed by atoms with Crippen molar-refractivity contribution >= 4 is 5.91 Å². The van der Waals surface area contributed by atoms with Crippen LogP contribution in [0.5, 0.6) is 0 Å². The number of hydrogen-bond acceptors (Lipinski definition) is 3. The van der Waals surface area contributed by atoms with Gasteiger partial charge in [0.1, 0.15) is 0 Å². The number of nitrogens with two attached hydrogens (primary N) is 1. The fourth-order valence-corrected chi connectivity index (χ4v) is 2.22. The van der Waals surface area contributed by atoms with Crippen LogP contribution in [-0.4, -0.2) is 22.3 Å². The summed E-state index contributed by atoms with van der Waals surface area (Å²) < 4.78 is 0. The summed E-state index contributed by atoms with van der Waals surface area (Å²) in [7, 11) is 0. The maximum absolute atomic E-state index is 12.4. The third-order valence-electron chi connectivity index (χ3n) is 3.48. The van der Waals surface area contributed by atoms with Crippen LogP contribution >= 0.6 is 0 Å². The molecule has 0 radical (unpaired) electrons. The fourth-order valence-electron chi connectivity index (χ4n) is 2.22. The molecule has 4 heteroatoms. The van der Waals surface area contributed by atoms with Gasteiger partial charge in [0.25, 0.3) is 0 Å². The van der Waals surface area contributed by atoms with Crippen molar-refractivity contribution in [3.8, 4) is 0 Å². The molecule has 1 aromatic heterocycles. The molecule has 0 bridgehead atoms. The number of rotatable bonds is 6. The Morgan fingerprint density at radius 3 is 2.48 bits per heavy atom. The number of nitrogens with zero attached hydrogens (tertiary/aromatic N) is 2. The lowest BCUT2D eigenvalue weighted by Crippen LogP contribution is -2.32. The first-order valence-corrected chi connectivity index (χ1v) is 7.18. The van der Waals surface area contributed by atoms with E-state index < -0.39 is 0 Å². The van der Waals surface area contributed by atoms with Crippen molar-refractivity contribution in [2.45, 2.75) is 25.9 Å². The van der Waals surface area contributed by atoms with Crippen LogP contribution in [0.1, 0.15) is 30.5 Å². The van der Waals surface area contributed by atoms with Gasteiger partial charge in [-0.25, -0.2) is 0 Å². The first-order chi connectivity index (χ1) is 10.2. The highest BCUT2D eigenvalue weighted by molar-refractivity contribution is 5.77. The Kier molecular flexibility index (Phi) is 5.46. The van der Waals surface area contributed by atoms with E-state index in [4.69, 9.17) is 5.73 Å². The van der Waals surface area contributed by atoms with Crippen molar-refractivity contribution in [1.82, 2.24) is 9.88 Å². The van der Waals surface area contributed by atoms with E-state index in [1.54, 1.807) is 12.4 Å². The molecule has 4 nitrogen and oxygen atoms in total. The monoisotopic (exact) mass is 283 g/mol. The molecule has 1 amide bonds. The van der Waals surface area contributed by atoms with Crippen molar-refractivity contribution in [1.29, 1.82) is 0 Å². The molecule has 110 valence electrons. The molecule has 0 fully saturated rings. The third-order valence-corrected chi connectivity index (χ3v) is 3.48.